The van der Waals surface area contributed by atoms with Gasteiger partial charge in [-0.15, -0.1) is 0 Å². The van der Waals surface area contributed by atoms with E-state index in [1.807, 2.05) is 12.1 Å². The van der Waals surface area contributed by atoms with Gasteiger partial charge < -0.3 is 4.74 Å². The first-order chi connectivity index (χ1) is 7.33. The molecule has 0 aliphatic carbocycles. The highest BCUT2D eigenvalue weighted by molar-refractivity contribution is 14.1. The second kappa shape index (κ2) is 5.16. The third kappa shape index (κ3) is 2.45. The number of halogens is 1. The molecule has 1 heterocycles. The molecule has 15 heavy (non-hydrogen) atoms. The lowest BCUT2D eigenvalue weighted by atomic mass is 10.2. The fraction of sp³-hybridized carbons (Fsp3) is 0.500. The molecular formula is C12H16INO. The van der Waals surface area contributed by atoms with Gasteiger partial charge >= 0.3 is 0 Å². The van der Waals surface area contributed by atoms with Crippen molar-refractivity contribution >= 4 is 22.6 Å². The van der Waals surface area contributed by atoms with Crippen molar-refractivity contribution in [2.45, 2.75) is 16.9 Å². The molecule has 2 rings (SSSR count). The van der Waals surface area contributed by atoms with Gasteiger partial charge in [0.05, 0.1) is 11.2 Å². The number of alkyl halides is 1. The van der Waals surface area contributed by atoms with Gasteiger partial charge in [-0.2, -0.15) is 0 Å². The first-order valence-corrected chi connectivity index (χ1v) is 6.58. The molecular weight excluding hydrogens is 301 g/mol. The summed E-state index contributed by atoms with van der Waals surface area (Å²) >= 11 is 2.50. The van der Waals surface area contributed by atoms with Crippen molar-refractivity contribution in [2.24, 2.45) is 0 Å². The first-order valence-electron chi connectivity index (χ1n) is 5.34. The van der Waals surface area contributed by atoms with Crippen molar-refractivity contribution in [2.75, 3.05) is 20.2 Å². The number of methoxy groups -OCH3 is 1. The zero-order chi connectivity index (χ0) is 10.7. The van der Waals surface area contributed by atoms with Gasteiger partial charge in [0.2, 0.25) is 0 Å². The monoisotopic (exact) mass is 317 g/mol. The SMILES string of the molecule is COc1ccccc1C(I)N1CCCC1. The molecule has 1 aliphatic heterocycles. The van der Waals surface area contributed by atoms with Crippen molar-refractivity contribution in [3.8, 4) is 5.75 Å². The van der Waals surface area contributed by atoms with Crippen LogP contribution in [0.2, 0.25) is 0 Å². The lowest BCUT2D eigenvalue weighted by Crippen LogP contribution is -2.21. The number of hydrogen-bond acceptors (Lipinski definition) is 2. The van der Waals surface area contributed by atoms with E-state index in [1.165, 1.54) is 31.5 Å². The summed E-state index contributed by atoms with van der Waals surface area (Å²) in [5.41, 5.74) is 1.29. The standard InChI is InChI=1S/C12H16INO/c1-15-11-7-3-2-6-10(11)12(13)14-8-4-5-9-14/h2-3,6-7,12H,4-5,8-9H2,1H3. The molecule has 1 fully saturated rings. The Balaban J connectivity index is 2.19. The molecule has 1 atom stereocenters. The highest BCUT2D eigenvalue weighted by atomic mass is 127. The molecule has 1 unspecified atom stereocenters. The summed E-state index contributed by atoms with van der Waals surface area (Å²) in [6.45, 7) is 2.43. The lowest BCUT2D eigenvalue weighted by Gasteiger charge is -2.23. The molecule has 3 heteroatoms. The van der Waals surface area contributed by atoms with Crippen molar-refractivity contribution in [1.82, 2.24) is 4.90 Å². The molecule has 0 bridgehead atoms. The van der Waals surface area contributed by atoms with Gasteiger partial charge in [0.1, 0.15) is 5.75 Å². The van der Waals surface area contributed by atoms with Gasteiger partial charge in [-0.25, -0.2) is 0 Å². The summed E-state index contributed by atoms with van der Waals surface area (Å²) in [6.07, 6.45) is 2.66. The van der Waals surface area contributed by atoms with Crippen LogP contribution >= 0.6 is 22.6 Å². The summed E-state index contributed by atoms with van der Waals surface area (Å²) in [6, 6.07) is 8.31. The van der Waals surface area contributed by atoms with Crippen LogP contribution in [-0.4, -0.2) is 25.1 Å². The maximum Gasteiger partial charge on any atom is 0.124 e. The van der Waals surface area contributed by atoms with E-state index in [0.717, 1.165) is 5.75 Å². The van der Waals surface area contributed by atoms with Crippen LogP contribution in [0.1, 0.15) is 22.5 Å². The summed E-state index contributed by atoms with van der Waals surface area (Å²) in [5.74, 6) is 1.00. The van der Waals surface area contributed by atoms with Crippen molar-refractivity contribution in [3.63, 3.8) is 0 Å². The van der Waals surface area contributed by atoms with Gasteiger partial charge in [0, 0.05) is 5.56 Å². The summed E-state index contributed by atoms with van der Waals surface area (Å²) in [4.78, 5) is 2.51. The van der Waals surface area contributed by atoms with Gasteiger partial charge in [-0.3, -0.25) is 4.90 Å². The Bertz CT molecular complexity index is 323. The quantitative estimate of drug-likeness (QED) is 0.482. The van der Waals surface area contributed by atoms with Crippen molar-refractivity contribution in [1.29, 1.82) is 0 Å². The third-order valence-corrected chi connectivity index (χ3v) is 4.32. The van der Waals surface area contributed by atoms with E-state index in [2.05, 4.69) is 39.6 Å². The maximum atomic E-state index is 5.39. The molecule has 0 spiro atoms. The van der Waals surface area contributed by atoms with Crippen LogP contribution in [0.3, 0.4) is 0 Å². The predicted molar refractivity (Wildman–Crippen MR) is 70.6 cm³/mol. The normalized spacial score (nSPS) is 19.1. The minimum Gasteiger partial charge on any atom is -0.496 e. The highest BCUT2D eigenvalue weighted by Crippen LogP contribution is 2.35. The number of likely N-dealkylation sites (tertiary alicyclic amines) is 1. The minimum atomic E-state index is 0.446. The van der Waals surface area contributed by atoms with Crippen LogP contribution in [0.5, 0.6) is 5.75 Å². The first kappa shape index (κ1) is 11.2. The fourth-order valence-electron chi connectivity index (χ4n) is 2.03. The maximum absolute atomic E-state index is 5.39. The Morgan fingerprint density at radius 2 is 1.93 bits per heavy atom. The fourth-order valence-corrected chi connectivity index (χ4v) is 3.10. The molecule has 0 amide bonds. The molecule has 1 aromatic rings. The topological polar surface area (TPSA) is 12.5 Å². The molecule has 2 nitrogen and oxygen atoms in total. The highest BCUT2D eigenvalue weighted by Gasteiger charge is 2.22. The van der Waals surface area contributed by atoms with Crippen LogP contribution < -0.4 is 4.74 Å². The molecule has 0 aromatic heterocycles. The van der Waals surface area contributed by atoms with Crippen LogP contribution in [0.15, 0.2) is 24.3 Å². The average molecular weight is 317 g/mol. The molecule has 0 saturated carbocycles. The number of para-hydroxylation sites is 1. The van der Waals surface area contributed by atoms with Gasteiger partial charge in [0.25, 0.3) is 0 Å². The smallest absolute Gasteiger partial charge is 0.124 e. The van der Waals surface area contributed by atoms with Gasteiger partial charge in [0.15, 0.2) is 0 Å². The van der Waals surface area contributed by atoms with Crippen molar-refractivity contribution < 1.29 is 4.74 Å². The number of nitrogens with zero attached hydrogens (tertiary/aromatic N) is 1. The largest absolute Gasteiger partial charge is 0.496 e. The molecule has 1 aromatic carbocycles. The minimum absolute atomic E-state index is 0.446. The Morgan fingerprint density at radius 3 is 2.60 bits per heavy atom. The Labute approximate surface area is 105 Å². The van der Waals surface area contributed by atoms with Crippen LogP contribution in [0.25, 0.3) is 0 Å². The van der Waals surface area contributed by atoms with E-state index >= 15 is 0 Å². The van der Waals surface area contributed by atoms with E-state index in [1.54, 1.807) is 7.11 Å². The van der Waals surface area contributed by atoms with E-state index in [4.69, 9.17) is 4.74 Å². The average Bonchev–Trinajstić information content (AvgIpc) is 2.81. The Morgan fingerprint density at radius 1 is 1.27 bits per heavy atom. The second-order valence-electron chi connectivity index (χ2n) is 3.82. The van der Waals surface area contributed by atoms with Gasteiger partial charge in [-0.1, -0.05) is 40.8 Å². The van der Waals surface area contributed by atoms with E-state index < -0.39 is 0 Å². The zero-order valence-corrected chi connectivity index (χ0v) is 11.1. The van der Waals surface area contributed by atoms with Crippen LogP contribution in [0.4, 0.5) is 0 Å². The summed E-state index contributed by atoms with van der Waals surface area (Å²) in [7, 11) is 1.74. The predicted octanol–water partition coefficient (Wildman–Crippen LogP) is 3.22. The molecule has 1 saturated heterocycles. The Hall–Kier alpha value is -0.290. The van der Waals surface area contributed by atoms with Crippen LogP contribution in [-0.2, 0) is 0 Å². The zero-order valence-electron chi connectivity index (χ0n) is 8.95. The number of hydrogen-bond donors (Lipinski definition) is 0. The summed E-state index contributed by atoms with van der Waals surface area (Å²) in [5, 5.41) is 0. The van der Waals surface area contributed by atoms with E-state index in [0.29, 0.717) is 4.05 Å². The van der Waals surface area contributed by atoms with Crippen LogP contribution in [0, 0.1) is 0 Å². The van der Waals surface area contributed by atoms with E-state index in [-0.39, 0.29) is 0 Å². The third-order valence-electron chi connectivity index (χ3n) is 2.86. The molecule has 1 aliphatic rings. The second-order valence-corrected chi connectivity index (χ2v) is 5.00. The number of benzene rings is 1. The van der Waals surface area contributed by atoms with Gasteiger partial charge in [-0.05, 0) is 32.0 Å². The molecule has 0 radical (unpaired) electrons. The Kier molecular flexibility index (Phi) is 3.86. The van der Waals surface area contributed by atoms with Crippen molar-refractivity contribution in [3.05, 3.63) is 29.8 Å². The number of rotatable bonds is 3. The lowest BCUT2D eigenvalue weighted by molar-refractivity contribution is 0.324. The number of ether oxygens (including phenoxy) is 1. The molecule has 82 valence electrons. The van der Waals surface area contributed by atoms with E-state index in [9.17, 15) is 0 Å². The molecule has 0 N–H and O–H groups in total. The summed E-state index contributed by atoms with van der Waals surface area (Å²) < 4.78 is 5.84.